The molecule has 0 saturated heterocycles. The molecule has 0 bridgehead atoms. The number of nitrogens with zero attached hydrogens (tertiary/aromatic N) is 2. The smallest absolute Gasteiger partial charge is 0.304 e. The molecule has 2 heterocycles. The predicted octanol–water partition coefficient (Wildman–Crippen LogP) is 0.673. The highest BCUT2D eigenvalue weighted by molar-refractivity contribution is 5.90. The molecule has 0 aliphatic rings. The Morgan fingerprint density at radius 2 is 1.83 bits per heavy atom. The minimum absolute atomic E-state index is 0.329. The molecule has 0 fully saturated rings. The molecule has 6 nitrogen and oxygen atoms in total. The molecule has 18 heavy (non-hydrogen) atoms. The van der Waals surface area contributed by atoms with E-state index in [4.69, 9.17) is 0 Å². The van der Waals surface area contributed by atoms with E-state index in [2.05, 4.69) is 20.2 Å². The lowest BCUT2D eigenvalue weighted by Crippen LogP contribution is -2.17. The molecule has 2 aromatic heterocycles. The first-order valence-electron chi connectivity index (χ1n) is 5.29. The van der Waals surface area contributed by atoms with E-state index in [1.165, 1.54) is 6.20 Å². The van der Waals surface area contributed by atoms with E-state index in [0.29, 0.717) is 22.2 Å². The van der Waals surface area contributed by atoms with Gasteiger partial charge < -0.3 is 4.98 Å². The number of hydrogen-bond acceptors (Lipinski definition) is 4. The van der Waals surface area contributed by atoms with Crippen LogP contribution in [-0.2, 0) is 0 Å². The lowest BCUT2D eigenvalue weighted by Gasteiger charge is -2.03. The summed E-state index contributed by atoms with van der Waals surface area (Å²) in [6.45, 7) is 0. The monoisotopic (exact) mass is 240 g/mol. The highest BCUT2D eigenvalue weighted by atomic mass is 16.1. The van der Waals surface area contributed by atoms with E-state index in [1.807, 2.05) is 18.2 Å². The predicted molar refractivity (Wildman–Crippen MR) is 66.2 cm³/mol. The van der Waals surface area contributed by atoms with Crippen LogP contribution >= 0.6 is 0 Å². The largest absolute Gasteiger partial charge is 0.346 e. The lowest BCUT2D eigenvalue weighted by molar-refractivity contribution is 0.993. The maximum absolute atomic E-state index is 11.8. The van der Waals surface area contributed by atoms with Crippen molar-refractivity contribution in [1.82, 2.24) is 20.2 Å². The second kappa shape index (κ2) is 3.92. The Bertz CT molecular complexity index is 821. The third kappa shape index (κ3) is 1.60. The summed E-state index contributed by atoms with van der Waals surface area (Å²) in [7, 11) is 0. The third-order valence-electron chi connectivity index (χ3n) is 2.60. The van der Waals surface area contributed by atoms with Gasteiger partial charge in [-0.15, -0.1) is 0 Å². The minimum atomic E-state index is -0.506. The van der Waals surface area contributed by atoms with Crippen molar-refractivity contribution < 1.29 is 0 Å². The van der Waals surface area contributed by atoms with Gasteiger partial charge >= 0.3 is 5.69 Å². The highest BCUT2D eigenvalue weighted by Gasteiger charge is 2.10. The van der Waals surface area contributed by atoms with Gasteiger partial charge in [0.15, 0.2) is 0 Å². The Morgan fingerprint density at radius 1 is 1.06 bits per heavy atom. The number of H-pyrrole nitrogens is 2. The van der Waals surface area contributed by atoms with Crippen LogP contribution in [0.5, 0.6) is 0 Å². The van der Waals surface area contributed by atoms with Gasteiger partial charge in [-0.05, 0) is 0 Å². The molecule has 3 aromatic rings. The first-order chi connectivity index (χ1) is 8.75. The zero-order chi connectivity index (χ0) is 12.5. The van der Waals surface area contributed by atoms with Crippen molar-refractivity contribution in [3.8, 4) is 11.3 Å². The quantitative estimate of drug-likeness (QED) is 0.654. The van der Waals surface area contributed by atoms with E-state index in [-0.39, 0.29) is 5.56 Å². The lowest BCUT2D eigenvalue weighted by atomic mass is 10.1. The molecule has 0 saturated carbocycles. The van der Waals surface area contributed by atoms with Gasteiger partial charge in [-0.3, -0.25) is 4.79 Å². The van der Waals surface area contributed by atoms with Crippen LogP contribution in [-0.4, -0.2) is 20.2 Å². The molecule has 1 aromatic carbocycles. The van der Waals surface area contributed by atoms with Crippen LogP contribution in [0.25, 0.3) is 22.2 Å². The first kappa shape index (κ1) is 10.4. The van der Waals surface area contributed by atoms with Crippen LogP contribution in [0.4, 0.5) is 0 Å². The van der Waals surface area contributed by atoms with E-state index >= 15 is 0 Å². The van der Waals surface area contributed by atoms with E-state index in [0.717, 1.165) is 0 Å². The molecule has 0 amide bonds. The molecular weight excluding hydrogens is 232 g/mol. The van der Waals surface area contributed by atoms with Gasteiger partial charge in [-0.1, -0.05) is 30.3 Å². The van der Waals surface area contributed by atoms with Crippen LogP contribution in [0.1, 0.15) is 0 Å². The summed E-state index contributed by atoms with van der Waals surface area (Å²) >= 11 is 0. The average molecular weight is 240 g/mol. The third-order valence-corrected chi connectivity index (χ3v) is 2.60. The van der Waals surface area contributed by atoms with Crippen molar-refractivity contribution in [2.24, 2.45) is 0 Å². The number of nitrogens with one attached hydrogen (secondary N) is 2. The van der Waals surface area contributed by atoms with Crippen LogP contribution < -0.4 is 11.2 Å². The summed E-state index contributed by atoms with van der Waals surface area (Å²) in [5, 5.41) is 6.32. The van der Waals surface area contributed by atoms with Gasteiger partial charge in [0.05, 0.1) is 22.8 Å². The Morgan fingerprint density at radius 3 is 2.61 bits per heavy atom. The number of aromatic amines is 2. The minimum Gasteiger partial charge on any atom is -0.304 e. The molecule has 0 aliphatic carbocycles. The van der Waals surface area contributed by atoms with Crippen molar-refractivity contribution in [3.05, 3.63) is 57.4 Å². The molecule has 2 N–H and O–H groups in total. The van der Waals surface area contributed by atoms with Gasteiger partial charge in [0, 0.05) is 5.56 Å². The second-order valence-electron chi connectivity index (χ2n) is 3.74. The molecule has 0 unspecified atom stereocenters. The average Bonchev–Trinajstić information content (AvgIpc) is 2.39. The standard InChI is InChI=1S/C12H8N4O2/c17-11-9-8(6-13-16-11)14-12(18)15-10(9)7-4-2-1-3-5-7/h1-6H,(H,16,17)(H,14,15,18). The van der Waals surface area contributed by atoms with Crippen molar-refractivity contribution >= 4 is 10.9 Å². The van der Waals surface area contributed by atoms with Crippen molar-refractivity contribution in [2.45, 2.75) is 0 Å². The summed E-state index contributed by atoms with van der Waals surface area (Å²) in [4.78, 5) is 29.7. The Kier molecular flexibility index (Phi) is 2.26. The summed E-state index contributed by atoms with van der Waals surface area (Å²) in [5.74, 6) is 0. The molecule has 3 rings (SSSR count). The van der Waals surface area contributed by atoms with Gasteiger partial charge in [-0.2, -0.15) is 10.1 Å². The molecule has 0 atom stereocenters. The second-order valence-corrected chi connectivity index (χ2v) is 3.74. The topological polar surface area (TPSA) is 91.5 Å². The van der Waals surface area contributed by atoms with Crippen LogP contribution in [0, 0.1) is 0 Å². The Balaban J connectivity index is 2.49. The maximum Gasteiger partial charge on any atom is 0.346 e. The van der Waals surface area contributed by atoms with E-state index in [9.17, 15) is 9.59 Å². The fourth-order valence-electron chi connectivity index (χ4n) is 1.83. The Labute approximate surface area is 100 Å². The zero-order valence-electron chi connectivity index (χ0n) is 9.18. The van der Waals surface area contributed by atoms with Gasteiger partial charge in [0.25, 0.3) is 5.56 Å². The molecule has 0 radical (unpaired) electrons. The summed E-state index contributed by atoms with van der Waals surface area (Å²) in [6.07, 6.45) is 1.40. The first-order valence-corrected chi connectivity index (χ1v) is 5.29. The molecule has 0 spiro atoms. The van der Waals surface area contributed by atoms with Gasteiger partial charge in [0.1, 0.15) is 0 Å². The Hall–Kier alpha value is -2.76. The maximum atomic E-state index is 11.8. The van der Waals surface area contributed by atoms with Crippen LogP contribution in [0.15, 0.2) is 46.1 Å². The number of benzene rings is 1. The molecule has 0 aliphatic heterocycles. The fraction of sp³-hybridized carbons (Fsp3) is 0. The summed E-state index contributed by atoms with van der Waals surface area (Å²) in [6, 6.07) is 9.08. The summed E-state index contributed by atoms with van der Waals surface area (Å²) in [5.41, 5.74) is 0.560. The van der Waals surface area contributed by atoms with Crippen molar-refractivity contribution in [2.75, 3.05) is 0 Å². The zero-order valence-corrected chi connectivity index (χ0v) is 9.18. The number of rotatable bonds is 1. The SMILES string of the molecule is O=c1nc(-c2ccccc2)c2c(=O)[nH]ncc2[nH]1. The molecule has 88 valence electrons. The van der Waals surface area contributed by atoms with Crippen LogP contribution in [0.2, 0.25) is 0 Å². The van der Waals surface area contributed by atoms with Gasteiger partial charge in [-0.25, -0.2) is 9.89 Å². The number of fused-ring (bicyclic) bond motifs is 1. The highest BCUT2D eigenvalue weighted by Crippen LogP contribution is 2.20. The normalized spacial score (nSPS) is 10.7. The van der Waals surface area contributed by atoms with Crippen molar-refractivity contribution in [3.63, 3.8) is 0 Å². The van der Waals surface area contributed by atoms with E-state index < -0.39 is 5.69 Å². The van der Waals surface area contributed by atoms with Gasteiger partial charge in [0.2, 0.25) is 0 Å². The number of hydrogen-bond donors (Lipinski definition) is 2. The van der Waals surface area contributed by atoms with Crippen molar-refractivity contribution in [1.29, 1.82) is 0 Å². The van der Waals surface area contributed by atoms with Crippen LogP contribution in [0.3, 0.4) is 0 Å². The fourth-order valence-corrected chi connectivity index (χ4v) is 1.83. The number of aromatic nitrogens is 4. The molecule has 6 heteroatoms. The summed E-state index contributed by atoms with van der Waals surface area (Å²) < 4.78 is 0. The van der Waals surface area contributed by atoms with E-state index in [1.54, 1.807) is 12.1 Å². The molecular formula is C12H8N4O2.